The quantitative estimate of drug-likeness (QED) is 0.830. The van der Waals surface area contributed by atoms with Crippen LogP contribution in [0.4, 0.5) is 8.78 Å². The van der Waals surface area contributed by atoms with Gasteiger partial charge in [-0.2, -0.15) is 0 Å². The number of likely N-dealkylation sites (tertiary alicyclic amines) is 1. The predicted octanol–water partition coefficient (Wildman–Crippen LogP) is 1.91. The number of nitrogens with two attached hydrogens (primary N) is 1. The second-order valence-corrected chi connectivity index (χ2v) is 3.27. The van der Waals surface area contributed by atoms with Crippen LogP contribution in [-0.4, -0.2) is 37.0 Å². The summed E-state index contributed by atoms with van der Waals surface area (Å²) in [7, 11) is 0. The molecule has 6 heteroatoms. The molecular weight excluding hydrogens is 233 g/mol. The van der Waals surface area contributed by atoms with Crippen molar-refractivity contribution in [3.05, 3.63) is 0 Å². The molecule has 0 amide bonds. The van der Waals surface area contributed by atoms with Gasteiger partial charge in [-0.3, -0.25) is 4.90 Å². The lowest BCUT2D eigenvalue weighted by atomic mass is 10.0. The molecule has 1 rings (SSSR count). The maximum atomic E-state index is 12.0. The van der Waals surface area contributed by atoms with Gasteiger partial charge < -0.3 is 5.73 Å². The zero-order chi connectivity index (χ0) is 8.97. The lowest BCUT2D eigenvalue weighted by Crippen LogP contribution is -2.46. The van der Waals surface area contributed by atoms with Crippen molar-refractivity contribution in [2.45, 2.75) is 31.7 Å². The van der Waals surface area contributed by atoms with Crippen LogP contribution in [0.5, 0.6) is 0 Å². The average Bonchev–Trinajstić information content (AvgIpc) is 2.04. The topological polar surface area (TPSA) is 29.3 Å². The Bertz CT molecular complexity index is 139. The highest BCUT2D eigenvalue weighted by molar-refractivity contribution is 5.85. The monoisotopic (exact) mass is 250 g/mol. The molecule has 0 aromatic heterocycles. The van der Waals surface area contributed by atoms with E-state index in [2.05, 4.69) is 0 Å². The van der Waals surface area contributed by atoms with Crippen LogP contribution < -0.4 is 5.73 Å². The molecule has 14 heavy (non-hydrogen) atoms. The lowest BCUT2D eigenvalue weighted by Gasteiger charge is -2.34. The predicted molar refractivity (Wildman–Crippen MR) is 58.8 cm³/mol. The summed E-state index contributed by atoms with van der Waals surface area (Å²) < 4.78 is 24.1. The molecule has 0 aromatic carbocycles. The van der Waals surface area contributed by atoms with Gasteiger partial charge in [-0.25, -0.2) is 8.78 Å². The highest BCUT2D eigenvalue weighted by Gasteiger charge is 2.23. The molecule has 0 bridgehead atoms. The smallest absolute Gasteiger partial charge is 0.251 e. The van der Waals surface area contributed by atoms with Gasteiger partial charge >= 0.3 is 0 Å². The van der Waals surface area contributed by atoms with Crippen LogP contribution in [0.3, 0.4) is 0 Å². The van der Waals surface area contributed by atoms with E-state index in [-0.39, 0.29) is 37.4 Å². The van der Waals surface area contributed by atoms with Crippen molar-refractivity contribution in [1.29, 1.82) is 0 Å². The highest BCUT2D eigenvalue weighted by Crippen LogP contribution is 2.16. The summed E-state index contributed by atoms with van der Waals surface area (Å²) in [6.45, 7) is 1.18. The first kappa shape index (κ1) is 16.8. The highest BCUT2D eigenvalue weighted by atomic mass is 35.5. The van der Waals surface area contributed by atoms with E-state index in [4.69, 9.17) is 5.73 Å². The van der Waals surface area contributed by atoms with Crippen molar-refractivity contribution in [2.24, 2.45) is 5.73 Å². The third-order valence-electron chi connectivity index (χ3n) is 2.39. The van der Waals surface area contributed by atoms with Crippen LogP contribution in [0, 0.1) is 0 Å². The van der Waals surface area contributed by atoms with Crippen molar-refractivity contribution < 1.29 is 8.78 Å². The van der Waals surface area contributed by atoms with Gasteiger partial charge in [0.1, 0.15) is 0 Å². The van der Waals surface area contributed by atoms with E-state index in [0.29, 0.717) is 6.54 Å². The Balaban J connectivity index is 0. The molecule has 0 aliphatic carbocycles. The fourth-order valence-electron chi connectivity index (χ4n) is 1.74. The van der Waals surface area contributed by atoms with Crippen LogP contribution in [0.15, 0.2) is 0 Å². The maximum absolute atomic E-state index is 12.0. The van der Waals surface area contributed by atoms with E-state index in [1.54, 1.807) is 0 Å². The SMILES string of the molecule is Cl.Cl.NCC1CCCCN1CC(F)F. The zero-order valence-electron chi connectivity index (χ0n) is 7.99. The van der Waals surface area contributed by atoms with Crippen molar-refractivity contribution in [3.8, 4) is 0 Å². The Hall–Kier alpha value is 0.360. The van der Waals surface area contributed by atoms with Gasteiger partial charge in [0.25, 0.3) is 6.43 Å². The van der Waals surface area contributed by atoms with Gasteiger partial charge in [0.05, 0.1) is 6.54 Å². The van der Waals surface area contributed by atoms with Crippen LogP contribution >= 0.6 is 24.8 Å². The van der Waals surface area contributed by atoms with Crippen LogP contribution in [-0.2, 0) is 0 Å². The fourth-order valence-corrected chi connectivity index (χ4v) is 1.74. The van der Waals surface area contributed by atoms with Gasteiger partial charge in [0.15, 0.2) is 0 Å². The molecule has 0 radical (unpaired) electrons. The maximum Gasteiger partial charge on any atom is 0.251 e. The number of nitrogens with zero attached hydrogens (tertiary/aromatic N) is 1. The van der Waals surface area contributed by atoms with E-state index in [0.717, 1.165) is 25.8 Å². The number of halogens is 4. The molecule has 1 aliphatic rings. The van der Waals surface area contributed by atoms with Gasteiger partial charge in [-0.05, 0) is 19.4 Å². The molecule has 0 spiro atoms. The Morgan fingerprint density at radius 3 is 2.43 bits per heavy atom. The number of hydrogen-bond acceptors (Lipinski definition) is 2. The summed E-state index contributed by atoms with van der Waals surface area (Å²) in [5, 5.41) is 0. The molecule has 1 fully saturated rings. The molecule has 1 saturated heterocycles. The van der Waals surface area contributed by atoms with Crippen molar-refractivity contribution in [1.82, 2.24) is 4.90 Å². The van der Waals surface area contributed by atoms with Crippen molar-refractivity contribution in [2.75, 3.05) is 19.6 Å². The summed E-state index contributed by atoms with van der Waals surface area (Å²) in [6, 6.07) is 0.188. The third-order valence-corrected chi connectivity index (χ3v) is 2.39. The summed E-state index contributed by atoms with van der Waals surface area (Å²) in [6.07, 6.45) is 0.908. The van der Waals surface area contributed by atoms with Gasteiger partial charge in [0.2, 0.25) is 0 Å². The molecule has 2 N–H and O–H groups in total. The van der Waals surface area contributed by atoms with Gasteiger partial charge in [-0.1, -0.05) is 6.42 Å². The standard InChI is InChI=1S/C8H16F2N2.2ClH/c9-8(10)6-12-4-2-1-3-7(12)5-11;;/h7-8H,1-6,11H2;2*1H. The number of hydrogen-bond donors (Lipinski definition) is 1. The van der Waals surface area contributed by atoms with E-state index < -0.39 is 6.43 Å². The van der Waals surface area contributed by atoms with E-state index in [9.17, 15) is 8.78 Å². The zero-order valence-corrected chi connectivity index (χ0v) is 9.63. The Morgan fingerprint density at radius 1 is 1.29 bits per heavy atom. The lowest BCUT2D eigenvalue weighted by molar-refractivity contribution is 0.0518. The van der Waals surface area contributed by atoms with Crippen molar-refractivity contribution >= 4 is 24.8 Å². The molecule has 88 valence electrons. The summed E-state index contributed by atoms with van der Waals surface area (Å²) in [5.41, 5.74) is 5.48. The van der Waals surface area contributed by atoms with Crippen LogP contribution in [0.1, 0.15) is 19.3 Å². The van der Waals surface area contributed by atoms with E-state index in [1.165, 1.54) is 0 Å². The normalized spacial score (nSPS) is 22.7. The first-order valence-electron chi connectivity index (χ1n) is 4.46. The van der Waals surface area contributed by atoms with Crippen molar-refractivity contribution in [3.63, 3.8) is 0 Å². The molecule has 1 unspecified atom stereocenters. The summed E-state index contributed by atoms with van der Waals surface area (Å²) >= 11 is 0. The Kier molecular flexibility index (Phi) is 10.4. The molecule has 2 nitrogen and oxygen atoms in total. The number of rotatable bonds is 3. The molecular formula is C8H18Cl2F2N2. The van der Waals surface area contributed by atoms with Crippen LogP contribution in [0.25, 0.3) is 0 Å². The van der Waals surface area contributed by atoms with E-state index in [1.807, 2.05) is 4.90 Å². The molecule has 0 saturated carbocycles. The second kappa shape index (κ2) is 8.65. The number of alkyl halides is 2. The van der Waals surface area contributed by atoms with Crippen LogP contribution in [0.2, 0.25) is 0 Å². The molecule has 1 heterocycles. The average molecular weight is 251 g/mol. The minimum Gasteiger partial charge on any atom is -0.329 e. The molecule has 1 atom stereocenters. The summed E-state index contributed by atoms with van der Waals surface area (Å²) in [4.78, 5) is 1.81. The largest absolute Gasteiger partial charge is 0.329 e. The van der Waals surface area contributed by atoms with Gasteiger partial charge in [-0.15, -0.1) is 24.8 Å². The fraction of sp³-hybridized carbons (Fsp3) is 1.00. The van der Waals surface area contributed by atoms with Gasteiger partial charge in [0, 0.05) is 12.6 Å². The number of piperidine rings is 1. The third kappa shape index (κ3) is 5.29. The minimum absolute atomic E-state index is 0. The molecule has 0 aromatic rings. The first-order valence-corrected chi connectivity index (χ1v) is 4.46. The Labute approximate surface area is 96.0 Å². The first-order chi connectivity index (χ1) is 5.74. The second-order valence-electron chi connectivity index (χ2n) is 3.27. The Morgan fingerprint density at radius 2 is 1.93 bits per heavy atom. The minimum atomic E-state index is -2.22. The molecule has 1 aliphatic heterocycles. The summed E-state index contributed by atoms with van der Waals surface area (Å²) in [5.74, 6) is 0. The van der Waals surface area contributed by atoms with E-state index >= 15 is 0 Å².